The molecule has 3 aliphatic rings. The Labute approximate surface area is 175 Å². The average molecular weight is 403 g/mol. The fraction of sp³-hybridized carbons (Fsp3) is 0.304. The molecular weight excluding hydrogens is 378 g/mol. The van der Waals surface area contributed by atoms with Gasteiger partial charge in [-0.25, -0.2) is 4.79 Å². The normalized spacial score (nSPS) is 25.8. The van der Waals surface area contributed by atoms with Crippen molar-refractivity contribution in [1.82, 2.24) is 10.2 Å². The van der Waals surface area contributed by atoms with Gasteiger partial charge in [-0.05, 0) is 61.9 Å². The summed E-state index contributed by atoms with van der Waals surface area (Å²) in [6, 6.07) is 17.0. The third-order valence-electron chi connectivity index (χ3n) is 5.83. The maximum absolute atomic E-state index is 13.5. The number of allylic oxidation sites excluding steroid dienone is 1. The van der Waals surface area contributed by atoms with Crippen LogP contribution in [0.3, 0.4) is 0 Å². The first-order valence-corrected chi connectivity index (χ1v) is 10.4. The van der Waals surface area contributed by atoms with Gasteiger partial charge in [0.1, 0.15) is 23.7 Å². The molecule has 0 bridgehead atoms. The number of benzene rings is 2. The summed E-state index contributed by atoms with van der Waals surface area (Å²) >= 11 is 0. The molecule has 2 amide bonds. The van der Waals surface area contributed by atoms with E-state index in [1.165, 1.54) is 0 Å². The lowest BCUT2D eigenvalue weighted by Crippen LogP contribution is -2.47. The molecule has 3 heterocycles. The van der Waals surface area contributed by atoms with E-state index in [0.717, 1.165) is 43.1 Å². The molecule has 154 valence electrons. The molecule has 2 saturated heterocycles. The molecule has 5 rings (SSSR count). The Hall–Kier alpha value is -3.16. The van der Waals surface area contributed by atoms with Crippen molar-refractivity contribution in [2.24, 2.45) is 10.7 Å². The van der Waals surface area contributed by atoms with Gasteiger partial charge >= 0.3 is 6.03 Å². The monoisotopic (exact) mass is 403 g/mol. The zero-order chi connectivity index (χ0) is 20.5. The zero-order valence-electron chi connectivity index (χ0n) is 16.6. The second-order valence-corrected chi connectivity index (χ2v) is 7.76. The van der Waals surface area contributed by atoms with Crippen molar-refractivity contribution >= 4 is 17.9 Å². The minimum atomic E-state index is -0.490. The van der Waals surface area contributed by atoms with E-state index < -0.39 is 6.17 Å². The fourth-order valence-corrected chi connectivity index (χ4v) is 4.42. The minimum Gasteiger partial charge on any atom is -0.457 e. The Bertz CT molecular complexity index is 967. The maximum atomic E-state index is 13.5. The minimum absolute atomic E-state index is 0.0439. The molecule has 3 N–H and O–H groups in total. The van der Waals surface area contributed by atoms with E-state index in [1.54, 1.807) is 11.1 Å². The van der Waals surface area contributed by atoms with Crippen LogP contribution in [0.4, 0.5) is 10.5 Å². The first kappa shape index (κ1) is 18.8. The van der Waals surface area contributed by atoms with Gasteiger partial charge in [0.05, 0.1) is 11.7 Å². The predicted octanol–water partition coefficient (Wildman–Crippen LogP) is 3.09. The SMILES string of the molecule is NC1N=CC=C2C1N(c1ccc(Oc3ccccc3)cc1)C(=O)N2[C@@H]1CCCNC1. The lowest BCUT2D eigenvalue weighted by atomic mass is 10.0. The molecule has 3 atom stereocenters. The third-order valence-corrected chi connectivity index (χ3v) is 5.83. The zero-order valence-corrected chi connectivity index (χ0v) is 16.6. The van der Waals surface area contributed by atoms with Gasteiger partial charge in [-0.1, -0.05) is 18.2 Å². The summed E-state index contributed by atoms with van der Waals surface area (Å²) in [4.78, 5) is 21.6. The molecule has 0 aliphatic carbocycles. The maximum Gasteiger partial charge on any atom is 0.329 e. The number of para-hydroxylation sites is 1. The van der Waals surface area contributed by atoms with Crippen LogP contribution in [0.1, 0.15) is 12.8 Å². The summed E-state index contributed by atoms with van der Waals surface area (Å²) in [5, 5.41) is 3.40. The highest BCUT2D eigenvalue weighted by molar-refractivity contribution is 5.99. The van der Waals surface area contributed by atoms with Crippen LogP contribution in [0.15, 0.2) is 71.4 Å². The number of amides is 2. The van der Waals surface area contributed by atoms with E-state index in [2.05, 4.69) is 10.3 Å². The number of anilines is 1. The molecule has 7 heteroatoms. The number of fused-ring (bicyclic) bond motifs is 1. The molecule has 0 radical (unpaired) electrons. The number of urea groups is 1. The van der Waals surface area contributed by atoms with Crippen LogP contribution in [-0.4, -0.2) is 48.5 Å². The summed E-state index contributed by atoms with van der Waals surface area (Å²) in [7, 11) is 0. The van der Waals surface area contributed by atoms with Crippen molar-refractivity contribution in [3.8, 4) is 11.5 Å². The Morgan fingerprint density at radius 3 is 2.53 bits per heavy atom. The van der Waals surface area contributed by atoms with Crippen LogP contribution in [0.25, 0.3) is 0 Å². The Balaban J connectivity index is 1.43. The van der Waals surface area contributed by atoms with Crippen LogP contribution in [0.2, 0.25) is 0 Å². The van der Waals surface area contributed by atoms with Crippen molar-refractivity contribution < 1.29 is 9.53 Å². The number of nitrogens with one attached hydrogen (secondary N) is 1. The topological polar surface area (TPSA) is 83.2 Å². The number of piperidine rings is 1. The Kier molecular flexibility index (Phi) is 4.98. The van der Waals surface area contributed by atoms with E-state index in [1.807, 2.05) is 65.6 Å². The summed E-state index contributed by atoms with van der Waals surface area (Å²) in [6.07, 6.45) is 5.18. The van der Waals surface area contributed by atoms with E-state index in [4.69, 9.17) is 10.5 Å². The standard InChI is InChI=1S/C23H25N5O2/c24-22-21-20(12-14-26-22)27(17-5-4-13-25-15-17)23(29)28(21)16-8-10-19(11-9-16)30-18-6-2-1-3-7-18/h1-3,6-12,14,17,21-22,25H,4-5,13,15,24H2/t17-,21?,22?/m1/s1. The molecule has 3 aliphatic heterocycles. The van der Waals surface area contributed by atoms with E-state index in [-0.39, 0.29) is 18.1 Å². The molecule has 7 nitrogen and oxygen atoms in total. The third kappa shape index (κ3) is 3.36. The van der Waals surface area contributed by atoms with Crippen molar-refractivity contribution in [3.05, 3.63) is 66.4 Å². The van der Waals surface area contributed by atoms with Crippen LogP contribution >= 0.6 is 0 Å². The molecule has 2 aromatic rings. The van der Waals surface area contributed by atoms with E-state index in [9.17, 15) is 4.79 Å². The number of aliphatic imine (C=N–C) groups is 1. The number of dihydropyridines is 1. The number of nitrogens with two attached hydrogens (primary N) is 1. The summed E-state index contributed by atoms with van der Waals surface area (Å²) < 4.78 is 5.89. The van der Waals surface area contributed by atoms with Crippen LogP contribution in [-0.2, 0) is 0 Å². The quantitative estimate of drug-likeness (QED) is 0.822. The highest BCUT2D eigenvalue weighted by atomic mass is 16.5. The van der Waals surface area contributed by atoms with Gasteiger partial charge in [-0.15, -0.1) is 0 Å². The van der Waals surface area contributed by atoms with Crippen molar-refractivity contribution in [3.63, 3.8) is 0 Å². The first-order valence-electron chi connectivity index (χ1n) is 10.4. The number of carbonyl (C=O) groups is 1. The molecule has 2 fully saturated rings. The highest BCUT2D eigenvalue weighted by Crippen LogP contribution is 2.37. The van der Waals surface area contributed by atoms with Gasteiger partial charge in [-0.3, -0.25) is 14.8 Å². The number of ether oxygens (including phenoxy) is 1. The van der Waals surface area contributed by atoms with E-state index in [0.29, 0.717) is 5.75 Å². The van der Waals surface area contributed by atoms with Crippen molar-refractivity contribution in [2.45, 2.75) is 31.1 Å². The molecule has 0 spiro atoms. The fourth-order valence-electron chi connectivity index (χ4n) is 4.42. The largest absolute Gasteiger partial charge is 0.457 e. The van der Waals surface area contributed by atoms with Crippen molar-refractivity contribution in [1.29, 1.82) is 0 Å². The molecule has 2 aromatic carbocycles. The second kappa shape index (κ2) is 7.93. The lowest BCUT2D eigenvalue weighted by molar-refractivity contribution is 0.200. The lowest BCUT2D eigenvalue weighted by Gasteiger charge is -2.32. The number of carbonyl (C=O) groups excluding carboxylic acids is 1. The molecule has 2 unspecified atom stereocenters. The van der Waals surface area contributed by atoms with Crippen LogP contribution < -0.4 is 20.7 Å². The summed E-state index contributed by atoms with van der Waals surface area (Å²) in [6.45, 7) is 1.79. The Morgan fingerprint density at radius 1 is 1.03 bits per heavy atom. The molecule has 0 aromatic heterocycles. The summed E-state index contributed by atoms with van der Waals surface area (Å²) in [5.41, 5.74) is 8.05. The van der Waals surface area contributed by atoms with Crippen molar-refractivity contribution in [2.75, 3.05) is 18.0 Å². The van der Waals surface area contributed by atoms with Gasteiger partial charge in [0, 0.05) is 18.4 Å². The van der Waals surface area contributed by atoms with Gasteiger partial charge in [0.25, 0.3) is 0 Å². The van der Waals surface area contributed by atoms with E-state index >= 15 is 0 Å². The predicted molar refractivity (Wildman–Crippen MR) is 117 cm³/mol. The first-order chi connectivity index (χ1) is 14.7. The van der Waals surface area contributed by atoms with Gasteiger partial charge in [-0.2, -0.15) is 0 Å². The highest BCUT2D eigenvalue weighted by Gasteiger charge is 2.48. The molecular formula is C23H25N5O2. The average Bonchev–Trinajstić information content (AvgIpc) is 3.09. The van der Waals surface area contributed by atoms with Crippen LogP contribution in [0.5, 0.6) is 11.5 Å². The second-order valence-electron chi connectivity index (χ2n) is 7.76. The smallest absolute Gasteiger partial charge is 0.329 e. The molecule has 30 heavy (non-hydrogen) atoms. The van der Waals surface area contributed by atoms with Gasteiger partial charge < -0.3 is 15.8 Å². The van der Waals surface area contributed by atoms with Crippen LogP contribution in [0, 0.1) is 0 Å². The number of rotatable bonds is 4. The number of hydrogen-bond donors (Lipinski definition) is 2. The van der Waals surface area contributed by atoms with Gasteiger partial charge in [0.15, 0.2) is 0 Å². The number of hydrogen-bond acceptors (Lipinski definition) is 5. The Morgan fingerprint density at radius 2 is 1.80 bits per heavy atom. The number of nitrogens with zero attached hydrogens (tertiary/aromatic N) is 3. The summed E-state index contributed by atoms with van der Waals surface area (Å²) in [5.74, 6) is 1.49. The molecule has 0 saturated carbocycles. The van der Waals surface area contributed by atoms with Gasteiger partial charge in [0.2, 0.25) is 0 Å².